The lowest BCUT2D eigenvalue weighted by Gasteiger charge is -2.30. The Kier molecular flexibility index (Phi) is 4.81. The number of benzene rings is 2. The summed E-state index contributed by atoms with van der Waals surface area (Å²) in [6, 6.07) is 15.4. The van der Waals surface area contributed by atoms with Crippen LogP contribution in [0.1, 0.15) is 76.5 Å². The molecule has 2 aromatic carbocycles. The van der Waals surface area contributed by atoms with E-state index >= 15 is 0 Å². The zero-order valence-electron chi connectivity index (χ0n) is 16.4. The van der Waals surface area contributed by atoms with Crippen LogP contribution in [-0.2, 0) is 12.0 Å². The second-order valence-corrected chi connectivity index (χ2v) is 8.85. The molecular formula is C24H32O. The van der Waals surface area contributed by atoms with Gasteiger partial charge in [0, 0.05) is 0 Å². The summed E-state index contributed by atoms with van der Waals surface area (Å²) in [6.45, 7) is 10.8. The molecule has 0 spiro atoms. The van der Waals surface area contributed by atoms with Crippen LogP contribution in [0.3, 0.4) is 0 Å². The molecule has 1 aliphatic rings. The molecular weight excluding hydrogens is 304 g/mol. The van der Waals surface area contributed by atoms with Gasteiger partial charge in [-0.05, 0) is 78.3 Å². The van der Waals surface area contributed by atoms with E-state index in [0.717, 1.165) is 12.0 Å². The third-order valence-corrected chi connectivity index (χ3v) is 6.04. The van der Waals surface area contributed by atoms with Crippen molar-refractivity contribution in [3.8, 4) is 11.1 Å². The van der Waals surface area contributed by atoms with E-state index in [2.05, 4.69) is 57.2 Å². The summed E-state index contributed by atoms with van der Waals surface area (Å²) in [5, 5.41) is 10.4. The first kappa shape index (κ1) is 18.2. The fourth-order valence-corrected chi connectivity index (χ4v) is 4.35. The molecule has 0 bridgehead atoms. The van der Waals surface area contributed by atoms with Gasteiger partial charge in [-0.2, -0.15) is 0 Å². The molecule has 1 saturated carbocycles. The van der Waals surface area contributed by atoms with Crippen molar-refractivity contribution in [3.05, 3.63) is 59.2 Å². The number of hydrogen-bond acceptors (Lipinski definition) is 1. The fraction of sp³-hybridized carbons (Fsp3) is 0.500. The number of aryl methyl sites for hydroxylation is 1. The standard InChI is InChI=1S/C24H32O/c1-6-17-12-13-20(18-9-7-10-19(16-18)24(4,5)25)21(15-17)22-11-8-14-23(22,2)3/h7,9-10,12-13,15-16,22,25H,6,8,11,14H2,1-5H3/t22-/m0/s1. The molecule has 1 aliphatic carbocycles. The van der Waals surface area contributed by atoms with Gasteiger partial charge in [0.1, 0.15) is 0 Å². The molecule has 1 atom stereocenters. The molecule has 0 unspecified atom stereocenters. The molecule has 1 N–H and O–H groups in total. The van der Waals surface area contributed by atoms with Gasteiger partial charge in [0.2, 0.25) is 0 Å². The van der Waals surface area contributed by atoms with Crippen LogP contribution in [-0.4, -0.2) is 5.11 Å². The highest BCUT2D eigenvalue weighted by Crippen LogP contribution is 2.51. The van der Waals surface area contributed by atoms with E-state index in [0.29, 0.717) is 11.3 Å². The molecule has 134 valence electrons. The Morgan fingerprint density at radius 1 is 1.12 bits per heavy atom. The summed E-state index contributed by atoms with van der Waals surface area (Å²) in [5.41, 5.74) is 5.99. The van der Waals surface area contributed by atoms with Crippen molar-refractivity contribution >= 4 is 0 Å². The zero-order chi connectivity index (χ0) is 18.2. The monoisotopic (exact) mass is 336 g/mol. The average molecular weight is 337 g/mol. The van der Waals surface area contributed by atoms with Crippen LogP contribution in [0.4, 0.5) is 0 Å². The molecule has 0 radical (unpaired) electrons. The van der Waals surface area contributed by atoms with Crippen LogP contribution in [0, 0.1) is 5.41 Å². The zero-order valence-corrected chi connectivity index (χ0v) is 16.4. The van der Waals surface area contributed by atoms with Crippen LogP contribution < -0.4 is 0 Å². The van der Waals surface area contributed by atoms with Gasteiger partial charge in [-0.25, -0.2) is 0 Å². The summed E-state index contributed by atoms with van der Waals surface area (Å²) in [5.74, 6) is 0.611. The van der Waals surface area contributed by atoms with E-state index in [1.807, 2.05) is 19.9 Å². The Bertz CT molecular complexity index is 749. The first-order valence-electron chi connectivity index (χ1n) is 9.68. The van der Waals surface area contributed by atoms with E-state index < -0.39 is 5.60 Å². The minimum atomic E-state index is -0.813. The van der Waals surface area contributed by atoms with Gasteiger partial charge in [0.25, 0.3) is 0 Å². The molecule has 3 rings (SSSR count). The lowest BCUT2D eigenvalue weighted by atomic mass is 9.75. The fourth-order valence-electron chi connectivity index (χ4n) is 4.35. The molecule has 1 nitrogen and oxygen atoms in total. The number of aliphatic hydroxyl groups is 1. The van der Waals surface area contributed by atoms with Crippen LogP contribution >= 0.6 is 0 Å². The predicted molar refractivity (Wildman–Crippen MR) is 107 cm³/mol. The van der Waals surface area contributed by atoms with E-state index in [1.165, 1.54) is 41.5 Å². The highest BCUT2D eigenvalue weighted by atomic mass is 16.3. The first-order chi connectivity index (χ1) is 11.7. The molecule has 25 heavy (non-hydrogen) atoms. The Balaban J connectivity index is 2.14. The van der Waals surface area contributed by atoms with Crippen molar-refractivity contribution in [2.24, 2.45) is 5.41 Å². The van der Waals surface area contributed by atoms with Crippen molar-refractivity contribution < 1.29 is 5.11 Å². The maximum Gasteiger partial charge on any atom is 0.0840 e. The molecule has 0 saturated heterocycles. The summed E-state index contributed by atoms with van der Waals surface area (Å²) in [4.78, 5) is 0. The Labute approximate surface area is 153 Å². The van der Waals surface area contributed by atoms with Gasteiger partial charge < -0.3 is 5.11 Å². The maximum absolute atomic E-state index is 10.4. The van der Waals surface area contributed by atoms with Crippen LogP contribution in [0.5, 0.6) is 0 Å². The molecule has 2 aromatic rings. The largest absolute Gasteiger partial charge is 0.386 e. The minimum absolute atomic E-state index is 0.356. The maximum atomic E-state index is 10.4. The average Bonchev–Trinajstić information content (AvgIpc) is 2.92. The highest BCUT2D eigenvalue weighted by molar-refractivity contribution is 5.70. The Hall–Kier alpha value is -1.60. The van der Waals surface area contributed by atoms with Gasteiger partial charge in [-0.15, -0.1) is 0 Å². The summed E-state index contributed by atoms with van der Waals surface area (Å²) in [6.07, 6.45) is 4.97. The smallest absolute Gasteiger partial charge is 0.0840 e. The topological polar surface area (TPSA) is 20.2 Å². The van der Waals surface area contributed by atoms with Gasteiger partial charge in [0.05, 0.1) is 5.60 Å². The SMILES string of the molecule is CCc1ccc(-c2cccc(C(C)(C)O)c2)c([C@@H]2CCCC2(C)C)c1. The quantitative estimate of drug-likeness (QED) is 0.681. The van der Waals surface area contributed by atoms with Crippen molar-refractivity contribution in [2.75, 3.05) is 0 Å². The second kappa shape index (κ2) is 6.61. The van der Waals surface area contributed by atoms with Crippen molar-refractivity contribution in [2.45, 2.75) is 71.8 Å². The lowest BCUT2D eigenvalue weighted by Crippen LogP contribution is -2.17. The van der Waals surface area contributed by atoms with E-state index in [1.54, 1.807) is 0 Å². The Morgan fingerprint density at radius 3 is 2.48 bits per heavy atom. The van der Waals surface area contributed by atoms with Crippen molar-refractivity contribution in [3.63, 3.8) is 0 Å². The van der Waals surface area contributed by atoms with E-state index in [4.69, 9.17) is 0 Å². The molecule has 1 fully saturated rings. The molecule has 1 heteroatoms. The van der Waals surface area contributed by atoms with Gasteiger partial charge in [-0.1, -0.05) is 63.6 Å². The van der Waals surface area contributed by atoms with Crippen LogP contribution in [0.2, 0.25) is 0 Å². The summed E-state index contributed by atoms with van der Waals surface area (Å²) >= 11 is 0. The van der Waals surface area contributed by atoms with Gasteiger partial charge >= 0.3 is 0 Å². The summed E-state index contributed by atoms with van der Waals surface area (Å²) in [7, 11) is 0. The van der Waals surface area contributed by atoms with Crippen LogP contribution in [0.15, 0.2) is 42.5 Å². The van der Waals surface area contributed by atoms with Crippen LogP contribution in [0.25, 0.3) is 11.1 Å². The van der Waals surface area contributed by atoms with Crippen molar-refractivity contribution in [1.29, 1.82) is 0 Å². The first-order valence-corrected chi connectivity index (χ1v) is 9.68. The predicted octanol–water partition coefficient (Wildman–Crippen LogP) is 6.44. The molecule has 0 amide bonds. The van der Waals surface area contributed by atoms with Gasteiger partial charge in [0.15, 0.2) is 0 Å². The van der Waals surface area contributed by atoms with Crippen molar-refractivity contribution in [1.82, 2.24) is 0 Å². The molecule has 0 aliphatic heterocycles. The number of hydrogen-bond donors (Lipinski definition) is 1. The summed E-state index contributed by atoms with van der Waals surface area (Å²) < 4.78 is 0. The third kappa shape index (κ3) is 3.67. The second-order valence-electron chi connectivity index (χ2n) is 8.85. The van der Waals surface area contributed by atoms with E-state index in [-0.39, 0.29) is 0 Å². The normalized spacial score (nSPS) is 20.0. The molecule has 0 heterocycles. The Morgan fingerprint density at radius 2 is 1.88 bits per heavy atom. The third-order valence-electron chi connectivity index (χ3n) is 6.04. The van der Waals surface area contributed by atoms with Gasteiger partial charge in [-0.3, -0.25) is 0 Å². The molecule has 0 aromatic heterocycles. The number of rotatable bonds is 4. The lowest BCUT2D eigenvalue weighted by molar-refractivity contribution is 0.0786. The van der Waals surface area contributed by atoms with E-state index in [9.17, 15) is 5.11 Å². The highest BCUT2D eigenvalue weighted by Gasteiger charge is 2.36. The minimum Gasteiger partial charge on any atom is -0.386 e.